The highest BCUT2D eigenvalue weighted by Crippen LogP contribution is 2.34. The number of carbonyl (C=O) groups excluding carboxylic acids is 1. The molecule has 0 radical (unpaired) electrons. The molecule has 1 aliphatic carbocycles. The van der Waals surface area contributed by atoms with Gasteiger partial charge in [0.2, 0.25) is 0 Å². The summed E-state index contributed by atoms with van der Waals surface area (Å²) in [5, 5.41) is 11.1. The molecule has 1 atom stereocenters. The van der Waals surface area contributed by atoms with Gasteiger partial charge in [-0.3, -0.25) is 9.48 Å². The highest BCUT2D eigenvalue weighted by Gasteiger charge is 2.27. The van der Waals surface area contributed by atoms with Crippen LogP contribution in [0.5, 0.6) is 0 Å². The van der Waals surface area contributed by atoms with Crippen molar-refractivity contribution >= 4 is 29.4 Å². The van der Waals surface area contributed by atoms with Gasteiger partial charge in [-0.2, -0.15) is 10.1 Å². The molecule has 7 nitrogen and oxygen atoms in total. The fourth-order valence-electron chi connectivity index (χ4n) is 3.37. The molecule has 0 unspecified atom stereocenters. The normalized spacial score (nSPS) is 16.3. The zero-order valence-electron chi connectivity index (χ0n) is 16.0. The number of nitrogens with zero attached hydrogens (tertiary/aromatic N) is 4. The summed E-state index contributed by atoms with van der Waals surface area (Å²) in [4.78, 5) is 17.0. The Morgan fingerprint density at radius 2 is 2.15 bits per heavy atom. The van der Waals surface area contributed by atoms with E-state index in [1.165, 1.54) is 5.56 Å². The van der Waals surface area contributed by atoms with Gasteiger partial charge in [-0.15, -0.1) is 0 Å². The minimum Gasteiger partial charge on any atom is -0.344 e. The van der Waals surface area contributed by atoms with Crippen LogP contribution in [0.2, 0.25) is 0 Å². The van der Waals surface area contributed by atoms with Crippen molar-refractivity contribution in [2.24, 2.45) is 7.05 Å². The Morgan fingerprint density at radius 1 is 1.33 bits per heavy atom. The van der Waals surface area contributed by atoms with Gasteiger partial charge in [-0.25, -0.2) is 0 Å². The van der Waals surface area contributed by atoms with E-state index in [1.54, 1.807) is 24.0 Å². The maximum Gasteiger partial charge on any atom is 0.270 e. The lowest BCUT2D eigenvalue weighted by Crippen LogP contribution is -2.28. The molecule has 2 aromatic heterocycles. The smallest absolute Gasteiger partial charge is 0.270 e. The third-order valence-electron chi connectivity index (χ3n) is 4.92. The lowest BCUT2D eigenvalue weighted by Gasteiger charge is -2.14. The average molecular weight is 359 g/mol. The van der Waals surface area contributed by atoms with Gasteiger partial charge in [0.1, 0.15) is 5.69 Å². The Morgan fingerprint density at radius 3 is 2.81 bits per heavy atom. The van der Waals surface area contributed by atoms with Crippen LogP contribution in [0.4, 0.5) is 0 Å². The number of amides is 1. The van der Waals surface area contributed by atoms with Crippen molar-refractivity contribution in [2.45, 2.75) is 24.0 Å². The Labute approximate surface area is 160 Å². The third kappa shape index (κ3) is 3.31. The number of hydrogen-bond donors (Lipinski definition) is 1. The van der Waals surface area contributed by atoms with Crippen molar-refractivity contribution in [3.8, 4) is 11.5 Å². The van der Waals surface area contributed by atoms with Crippen molar-refractivity contribution in [3.05, 3.63) is 53.1 Å². The van der Waals surface area contributed by atoms with E-state index in [4.69, 9.17) is 4.52 Å². The second-order valence-corrected chi connectivity index (χ2v) is 7.99. The molecule has 1 aliphatic rings. The average Bonchev–Trinajstić information content (AvgIpc) is 3.33. The molecule has 1 N–H and O–H groups in total. The Bertz CT molecular complexity index is 1010. The predicted molar refractivity (Wildman–Crippen MR) is 109 cm³/mol. The highest BCUT2D eigenvalue weighted by atomic mass is 16.5. The van der Waals surface area contributed by atoms with Gasteiger partial charge < -0.3 is 9.84 Å². The molecule has 134 valence electrons. The minimum atomic E-state index is -0.153. The summed E-state index contributed by atoms with van der Waals surface area (Å²) in [5.41, 5.74) is 3.82. The maximum atomic E-state index is 12.5. The van der Waals surface area contributed by atoms with Crippen molar-refractivity contribution in [3.63, 3.8) is 0 Å². The van der Waals surface area contributed by atoms with E-state index < -0.39 is 0 Å². The summed E-state index contributed by atoms with van der Waals surface area (Å²) in [7, 11) is 7.93. The van der Waals surface area contributed by atoms with E-state index in [0.29, 0.717) is 17.4 Å². The van der Waals surface area contributed by atoms with Crippen LogP contribution in [0.15, 0.2) is 35.0 Å². The first-order valence-electron chi connectivity index (χ1n) is 9.09. The molecule has 2 heterocycles. The molecule has 0 spiro atoms. The molecule has 0 saturated heterocycles. The molecule has 3 aromatic rings. The minimum absolute atomic E-state index is 0.00395. The number of nitrogens with one attached hydrogen (secondary N) is 1. The van der Waals surface area contributed by atoms with Crippen LogP contribution in [0.25, 0.3) is 11.5 Å². The number of aromatic nitrogens is 4. The molecule has 0 aliphatic heterocycles. The Hall–Kier alpha value is -2.77. The summed E-state index contributed by atoms with van der Waals surface area (Å²) in [6.45, 7) is 0. The number of aryl methyl sites for hydroxylation is 2. The van der Waals surface area contributed by atoms with Crippen molar-refractivity contribution in [2.75, 3.05) is 0 Å². The van der Waals surface area contributed by atoms with Crippen molar-refractivity contribution < 1.29 is 9.32 Å². The second kappa shape index (κ2) is 6.44. The van der Waals surface area contributed by atoms with E-state index in [0.717, 1.165) is 24.0 Å². The van der Waals surface area contributed by atoms with Gasteiger partial charge in [0.05, 0.1) is 29.6 Å². The van der Waals surface area contributed by atoms with Gasteiger partial charge in [0.25, 0.3) is 11.8 Å². The van der Waals surface area contributed by atoms with E-state index in [9.17, 15) is 4.79 Å². The van der Waals surface area contributed by atoms with E-state index in [-0.39, 0.29) is 17.1 Å². The number of rotatable bonds is 4. The van der Waals surface area contributed by atoms with Crippen LogP contribution >= 0.6 is 0 Å². The molecule has 0 fully saturated rings. The van der Waals surface area contributed by atoms with E-state index in [1.807, 2.05) is 12.1 Å². The zero-order chi connectivity index (χ0) is 19.2. The third-order valence-corrected chi connectivity index (χ3v) is 4.92. The van der Waals surface area contributed by atoms with Gasteiger partial charge in [0, 0.05) is 18.8 Å². The quantitative estimate of drug-likeness (QED) is 0.598. The first-order chi connectivity index (χ1) is 12.8. The second-order valence-electron chi connectivity index (χ2n) is 7.99. The number of carbonyl (C=O) groups is 1. The summed E-state index contributed by atoms with van der Waals surface area (Å²) >= 11 is 0. The largest absolute Gasteiger partial charge is 0.344 e. The lowest BCUT2D eigenvalue weighted by molar-refractivity contribution is 0.0927. The number of hydrogen-bond acceptors (Lipinski definition) is 5. The standard InChI is InChI=1S/C17H20B3N5O2/c1-25-13(6-7-21-25)14(26)22-12-5-3-9-8-10(2-4-11(9)12)15-23-16(24-27-15)17(18,19)20/h2,4,6-8,12H,3,5,18-20H2,1H3,(H,22,26)/t12-/m1/s1. The SMILES string of the molecule is BC(B)(B)c1noc(-c2ccc3c(c2)CC[C@H]3NC(=O)c2ccnn2C)n1. The van der Waals surface area contributed by atoms with Gasteiger partial charge in [-0.05, 0) is 42.2 Å². The molecule has 10 heteroatoms. The molecule has 4 rings (SSSR count). The molecule has 1 aromatic carbocycles. The van der Waals surface area contributed by atoms with Crippen LogP contribution in [0, 0.1) is 0 Å². The fraction of sp³-hybridized carbons (Fsp3) is 0.294. The molecule has 1 amide bonds. The molecule has 0 saturated carbocycles. The van der Waals surface area contributed by atoms with Gasteiger partial charge >= 0.3 is 0 Å². The lowest BCUT2D eigenvalue weighted by atomic mass is 9.42. The van der Waals surface area contributed by atoms with Gasteiger partial charge in [-0.1, -0.05) is 16.3 Å². The fourth-order valence-corrected chi connectivity index (χ4v) is 3.37. The van der Waals surface area contributed by atoms with Crippen LogP contribution in [0.1, 0.15) is 39.9 Å². The monoisotopic (exact) mass is 359 g/mol. The summed E-state index contributed by atoms with van der Waals surface area (Å²) in [6.07, 6.45) is 3.40. The number of benzene rings is 1. The summed E-state index contributed by atoms with van der Waals surface area (Å²) in [5.74, 6) is 1.12. The number of fused-ring (bicyclic) bond motifs is 1. The van der Waals surface area contributed by atoms with Crippen LogP contribution in [-0.2, 0) is 18.6 Å². The predicted octanol–water partition coefficient (Wildman–Crippen LogP) is -1.10. The van der Waals surface area contributed by atoms with Crippen LogP contribution in [-0.4, -0.2) is 49.4 Å². The summed E-state index contributed by atoms with van der Waals surface area (Å²) in [6, 6.07) is 7.84. The zero-order valence-corrected chi connectivity index (χ0v) is 16.0. The first-order valence-corrected chi connectivity index (χ1v) is 9.09. The molecular weight excluding hydrogens is 339 g/mol. The molecule has 27 heavy (non-hydrogen) atoms. The van der Waals surface area contributed by atoms with Crippen molar-refractivity contribution in [1.29, 1.82) is 0 Å². The van der Waals surface area contributed by atoms with Gasteiger partial charge in [0.15, 0.2) is 5.82 Å². The molecule has 0 bridgehead atoms. The Kier molecular flexibility index (Phi) is 4.21. The summed E-state index contributed by atoms with van der Waals surface area (Å²) < 4.78 is 7.03. The van der Waals surface area contributed by atoms with Crippen molar-refractivity contribution in [1.82, 2.24) is 25.2 Å². The van der Waals surface area contributed by atoms with E-state index >= 15 is 0 Å². The highest BCUT2D eigenvalue weighted by molar-refractivity contribution is 6.58. The Balaban J connectivity index is 1.55. The first kappa shape index (κ1) is 17.6. The van der Waals surface area contributed by atoms with Crippen LogP contribution in [0.3, 0.4) is 0 Å². The molecular formula is C17H20B3N5O2. The topological polar surface area (TPSA) is 85.8 Å². The van der Waals surface area contributed by atoms with Crippen LogP contribution < -0.4 is 5.32 Å². The maximum absolute atomic E-state index is 12.5. The van der Waals surface area contributed by atoms with E-state index in [2.05, 4.69) is 50.2 Å².